The molecule has 0 saturated carbocycles. The van der Waals surface area contributed by atoms with Gasteiger partial charge >= 0.3 is 12.2 Å². The lowest BCUT2D eigenvalue weighted by Crippen LogP contribution is -2.39. The van der Waals surface area contributed by atoms with Crippen molar-refractivity contribution in [3.8, 4) is 0 Å². The normalized spacial score (nSPS) is 10.8. The predicted octanol–water partition coefficient (Wildman–Crippen LogP) is 2.50. The number of imide groups is 1. The zero-order chi connectivity index (χ0) is 13.8. The smallest absolute Gasteiger partial charge is 0.420 e. The molecule has 0 atom stereocenters. The van der Waals surface area contributed by atoms with Gasteiger partial charge in [0.2, 0.25) is 0 Å². The van der Waals surface area contributed by atoms with Gasteiger partial charge in [0, 0.05) is 12.4 Å². The number of carboxylic acid groups (broad SMARTS) is 1. The molecule has 0 spiro atoms. The van der Waals surface area contributed by atoms with Crippen molar-refractivity contribution in [1.82, 2.24) is 9.88 Å². The van der Waals surface area contributed by atoms with E-state index in [2.05, 4.69) is 4.98 Å². The molecule has 1 aromatic rings. The molecule has 1 heterocycles. The fraction of sp³-hybridized carbons (Fsp3) is 0.417. The Morgan fingerprint density at radius 3 is 2.33 bits per heavy atom. The van der Waals surface area contributed by atoms with Gasteiger partial charge in [-0.15, -0.1) is 0 Å². The summed E-state index contributed by atoms with van der Waals surface area (Å²) in [4.78, 5) is 27.2. The molecular weight excluding hydrogens is 236 g/mol. The number of nitrogens with zero attached hydrogens (tertiary/aromatic N) is 2. The number of amides is 2. The van der Waals surface area contributed by atoms with E-state index in [1.54, 1.807) is 32.9 Å². The Morgan fingerprint density at radius 2 is 1.89 bits per heavy atom. The lowest BCUT2D eigenvalue weighted by atomic mass is 10.2. The predicted molar refractivity (Wildman–Crippen MR) is 64.0 cm³/mol. The third-order valence-corrected chi connectivity index (χ3v) is 1.93. The molecule has 1 aromatic heterocycles. The molecule has 18 heavy (non-hydrogen) atoms. The Hall–Kier alpha value is -2.11. The van der Waals surface area contributed by atoms with Gasteiger partial charge in [-0.2, -0.15) is 0 Å². The van der Waals surface area contributed by atoms with E-state index in [4.69, 9.17) is 9.84 Å². The number of carbonyl (C=O) groups is 2. The van der Waals surface area contributed by atoms with Crippen LogP contribution in [0.15, 0.2) is 24.5 Å². The van der Waals surface area contributed by atoms with Gasteiger partial charge in [-0.05, 0) is 38.5 Å². The summed E-state index contributed by atoms with van der Waals surface area (Å²) in [5.74, 6) is 0. The Kier molecular flexibility index (Phi) is 4.25. The maximum absolute atomic E-state index is 11.7. The minimum Gasteiger partial charge on any atom is -0.465 e. The second-order valence-corrected chi connectivity index (χ2v) is 4.70. The standard InChI is InChI=1S/C12H16N2O4/c1-12(2,3)18-11(17)14(10(15)16)8-9-4-6-13-7-5-9/h4-7H,8H2,1-3H3,(H,15,16). The zero-order valence-electron chi connectivity index (χ0n) is 10.6. The molecule has 1 N–H and O–H groups in total. The Bertz CT molecular complexity index is 425. The molecule has 0 aliphatic heterocycles. The van der Waals surface area contributed by atoms with E-state index in [0.717, 1.165) is 0 Å². The first kappa shape index (κ1) is 14.0. The van der Waals surface area contributed by atoms with Gasteiger partial charge in [0.25, 0.3) is 0 Å². The molecule has 0 saturated heterocycles. The first-order valence-electron chi connectivity index (χ1n) is 5.42. The molecule has 6 nitrogen and oxygen atoms in total. The largest absolute Gasteiger partial charge is 0.465 e. The molecular formula is C12H16N2O4. The molecule has 0 aliphatic carbocycles. The maximum atomic E-state index is 11.7. The molecule has 0 bridgehead atoms. The van der Waals surface area contributed by atoms with Crippen molar-refractivity contribution < 1.29 is 19.4 Å². The highest BCUT2D eigenvalue weighted by Gasteiger charge is 2.26. The van der Waals surface area contributed by atoms with Crippen molar-refractivity contribution in [2.45, 2.75) is 32.9 Å². The molecule has 0 radical (unpaired) electrons. The maximum Gasteiger partial charge on any atom is 0.420 e. The minimum atomic E-state index is -1.35. The van der Waals surface area contributed by atoms with E-state index < -0.39 is 17.8 Å². The summed E-state index contributed by atoms with van der Waals surface area (Å²) in [6.07, 6.45) is 0.836. The molecule has 1 rings (SSSR count). The van der Waals surface area contributed by atoms with E-state index in [9.17, 15) is 9.59 Å². The monoisotopic (exact) mass is 252 g/mol. The van der Waals surface area contributed by atoms with E-state index in [-0.39, 0.29) is 6.54 Å². The SMILES string of the molecule is CC(C)(C)OC(=O)N(Cc1ccncc1)C(=O)O. The number of rotatable bonds is 2. The topological polar surface area (TPSA) is 79.7 Å². The fourth-order valence-electron chi connectivity index (χ4n) is 1.20. The summed E-state index contributed by atoms with van der Waals surface area (Å²) in [6.45, 7) is 4.97. The van der Waals surface area contributed by atoms with Crippen molar-refractivity contribution in [3.63, 3.8) is 0 Å². The molecule has 0 aromatic carbocycles. The molecule has 0 unspecified atom stereocenters. The van der Waals surface area contributed by atoms with E-state index >= 15 is 0 Å². The van der Waals surface area contributed by atoms with Crippen molar-refractivity contribution in [3.05, 3.63) is 30.1 Å². The lowest BCUT2D eigenvalue weighted by Gasteiger charge is -2.24. The number of hydrogen-bond acceptors (Lipinski definition) is 4. The van der Waals surface area contributed by atoms with Crippen molar-refractivity contribution in [1.29, 1.82) is 0 Å². The molecule has 6 heteroatoms. The Balaban J connectivity index is 2.78. The quantitative estimate of drug-likeness (QED) is 0.874. The number of ether oxygens (including phenoxy) is 1. The van der Waals surface area contributed by atoms with E-state index in [1.165, 1.54) is 12.4 Å². The average Bonchev–Trinajstić information content (AvgIpc) is 2.24. The number of aromatic nitrogens is 1. The number of hydrogen-bond donors (Lipinski definition) is 1. The number of carbonyl (C=O) groups excluding carboxylic acids is 1. The highest BCUT2D eigenvalue weighted by Crippen LogP contribution is 2.12. The van der Waals surface area contributed by atoms with Gasteiger partial charge in [-0.3, -0.25) is 4.98 Å². The molecule has 0 aliphatic rings. The average molecular weight is 252 g/mol. The summed E-state index contributed by atoms with van der Waals surface area (Å²) in [5, 5.41) is 9.01. The van der Waals surface area contributed by atoms with Crippen molar-refractivity contribution in [2.24, 2.45) is 0 Å². The summed E-state index contributed by atoms with van der Waals surface area (Å²) in [5.41, 5.74) is -0.0681. The highest BCUT2D eigenvalue weighted by molar-refractivity contribution is 5.86. The van der Waals surface area contributed by atoms with Crippen molar-refractivity contribution >= 4 is 12.2 Å². The van der Waals surface area contributed by atoms with Crippen LogP contribution in [0.3, 0.4) is 0 Å². The Labute approximate surface area is 105 Å². The van der Waals surface area contributed by atoms with Crippen LogP contribution >= 0.6 is 0 Å². The summed E-state index contributed by atoms with van der Waals surface area (Å²) < 4.78 is 5.02. The minimum absolute atomic E-state index is 0.0627. The van der Waals surface area contributed by atoms with Crippen LogP contribution in [0.4, 0.5) is 9.59 Å². The molecule has 0 fully saturated rings. The lowest BCUT2D eigenvalue weighted by molar-refractivity contribution is 0.0255. The first-order valence-corrected chi connectivity index (χ1v) is 5.42. The van der Waals surface area contributed by atoms with Gasteiger partial charge in [0.1, 0.15) is 5.60 Å². The summed E-state index contributed by atoms with van der Waals surface area (Å²) in [6, 6.07) is 3.28. The summed E-state index contributed by atoms with van der Waals surface area (Å²) >= 11 is 0. The van der Waals surface area contributed by atoms with Gasteiger partial charge in [0.15, 0.2) is 0 Å². The Morgan fingerprint density at radius 1 is 1.33 bits per heavy atom. The van der Waals surface area contributed by atoms with Crippen LogP contribution in [-0.2, 0) is 11.3 Å². The second-order valence-electron chi connectivity index (χ2n) is 4.70. The van der Waals surface area contributed by atoms with Crippen LogP contribution in [0.25, 0.3) is 0 Å². The second kappa shape index (κ2) is 5.48. The summed E-state index contributed by atoms with van der Waals surface area (Å²) in [7, 11) is 0. The third kappa shape index (κ3) is 4.40. The van der Waals surface area contributed by atoms with Gasteiger partial charge in [-0.1, -0.05) is 0 Å². The van der Waals surface area contributed by atoms with Crippen LogP contribution in [0.2, 0.25) is 0 Å². The van der Waals surface area contributed by atoms with Crippen LogP contribution in [0.5, 0.6) is 0 Å². The first-order chi connectivity index (χ1) is 8.29. The van der Waals surface area contributed by atoms with Crippen LogP contribution in [0.1, 0.15) is 26.3 Å². The van der Waals surface area contributed by atoms with Crippen LogP contribution in [0, 0.1) is 0 Å². The third-order valence-electron chi connectivity index (χ3n) is 1.93. The van der Waals surface area contributed by atoms with Crippen molar-refractivity contribution in [2.75, 3.05) is 0 Å². The number of pyridine rings is 1. The van der Waals surface area contributed by atoms with E-state index in [1.807, 2.05) is 0 Å². The van der Waals surface area contributed by atoms with Crippen LogP contribution < -0.4 is 0 Å². The highest BCUT2D eigenvalue weighted by atomic mass is 16.6. The molecule has 2 amide bonds. The van der Waals surface area contributed by atoms with Gasteiger partial charge in [0.05, 0.1) is 6.54 Å². The molecule has 98 valence electrons. The van der Waals surface area contributed by atoms with Gasteiger partial charge < -0.3 is 9.84 Å². The van der Waals surface area contributed by atoms with Gasteiger partial charge in [-0.25, -0.2) is 14.5 Å². The van der Waals surface area contributed by atoms with E-state index in [0.29, 0.717) is 10.5 Å². The fourth-order valence-corrected chi connectivity index (χ4v) is 1.20. The zero-order valence-corrected chi connectivity index (χ0v) is 10.6. The van der Waals surface area contributed by atoms with Crippen LogP contribution in [-0.4, -0.2) is 32.8 Å².